The first-order valence-corrected chi connectivity index (χ1v) is 9.72. The van der Waals surface area contributed by atoms with Gasteiger partial charge >= 0.3 is 27.3 Å². The van der Waals surface area contributed by atoms with Crippen molar-refractivity contribution >= 4 is 43.1 Å². The molecule has 0 fully saturated rings. The molecule has 2 radical (unpaired) electrons. The van der Waals surface area contributed by atoms with Crippen LogP contribution in [0.3, 0.4) is 0 Å². The third-order valence-electron chi connectivity index (χ3n) is 1.12. The van der Waals surface area contributed by atoms with E-state index in [0.29, 0.717) is 0 Å². The predicted molar refractivity (Wildman–Crippen MR) is 76.5 cm³/mol. The van der Waals surface area contributed by atoms with Crippen molar-refractivity contribution in [1.29, 1.82) is 0 Å². The van der Waals surface area contributed by atoms with E-state index < -0.39 is 10.2 Å². The van der Waals surface area contributed by atoms with Gasteiger partial charge in [0.15, 0.2) is 0 Å². The molecule has 0 bridgehead atoms. The van der Waals surface area contributed by atoms with Gasteiger partial charge in [-0.2, -0.15) is 0 Å². The standard InChI is InChI=1S/C6H16P2.2NO3.Pb/c1-7(2)5-6-8(3)4;2*2-1(3)4;/h5-6H2,1-4H3;;;/q;2*-1;+2/p+2. The van der Waals surface area contributed by atoms with Gasteiger partial charge in [0.25, 0.3) is 0 Å². The van der Waals surface area contributed by atoms with Crippen LogP contribution in [0, 0.1) is 30.6 Å². The van der Waals surface area contributed by atoms with Gasteiger partial charge in [0, 0.05) is 26.7 Å². The third-order valence-corrected chi connectivity index (χ3v) is 4.12. The maximum atomic E-state index is 8.25. The minimum atomic E-state index is -1.75. The first kappa shape index (κ1) is 25.9. The van der Waals surface area contributed by atoms with Crippen molar-refractivity contribution in [3.63, 3.8) is 0 Å². The van der Waals surface area contributed by atoms with Gasteiger partial charge in [0.05, 0.1) is 22.5 Å². The topological polar surface area (TPSA) is 132 Å². The predicted octanol–water partition coefficient (Wildman–Crippen LogP) is 1.07. The number of hydrogen-bond acceptors (Lipinski definition) is 6. The Bertz CT molecular complexity index is 167. The summed E-state index contributed by atoms with van der Waals surface area (Å²) in [6.45, 7) is 9.59. The van der Waals surface area contributed by atoms with Gasteiger partial charge in [-0.3, -0.25) is 0 Å². The first-order chi connectivity index (χ1) is 7.09. The Balaban J connectivity index is -0.0000000806. The molecule has 0 aliphatic carbocycles. The molecule has 0 aliphatic heterocycles. The van der Waals surface area contributed by atoms with Gasteiger partial charge in [0.2, 0.25) is 0 Å². The molecule has 0 aliphatic rings. The Labute approximate surface area is 123 Å². The fourth-order valence-corrected chi connectivity index (χ4v) is 4.50. The van der Waals surface area contributed by atoms with E-state index >= 15 is 0 Å². The zero-order chi connectivity index (χ0) is 13.7. The van der Waals surface area contributed by atoms with Crippen LogP contribution in [-0.4, -0.2) is 76.5 Å². The summed E-state index contributed by atoms with van der Waals surface area (Å²) in [6.07, 6.45) is 3.07. The monoisotopic (exact) mass is 484 g/mol. The first-order valence-electron chi connectivity index (χ1n) is 4.30. The number of hydrogen-bond donors (Lipinski definition) is 0. The zero-order valence-corrected chi connectivity index (χ0v) is 16.1. The Hall–Kier alpha value is 0.182. The SMILES string of the molecule is C[PH+](C)CC[PH+](C)C.O=[N+]([O-])[O-].O=[N+]([O-])[O-].[Pb+2]. The molecule has 8 nitrogen and oxygen atoms in total. The molecule has 0 heterocycles. The van der Waals surface area contributed by atoms with E-state index in [0.717, 1.165) is 0 Å². The van der Waals surface area contributed by atoms with Crippen molar-refractivity contribution in [2.45, 2.75) is 0 Å². The molecule has 11 heteroatoms. The van der Waals surface area contributed by atoms with Crippen molar-refractivity contribution in [2.24, 2.45) is 0 Å². The van der Waals surface area contributed by atoms with E-state index in [2.05, 4.69) is 26.7 Å². The van der Waals surface area contributed by atoms with Crippen molar-refractivity contribution in [3.05, 3.63) is 30.6 Å². The fourth-order valence-electron chi connectivity index (χ4n) is 0.500. The van der Waals surface area contributed by atoms with Crippen molar-refractivity contribution < 1.29 is 10.2 Å². The van der Waals surface area contributed by atoms with Gasteiger partial charge in [0.1, 0.15) is 0 Å². The minimum Gasteiger partial charge on any atom is -0.356 e. The van der Waals surface area contributed by atoms with E-state index in [4.69, 9.17) is 30.6 Å². The van der Waals surface area contributed by atoms with Gasteiger partial charge in [-0.25, -0.2) is 0 Å². The molecule has 0 atom stereocenters. The Morgan fingerprint density at radius 3 is 0.941 bits per heavy atom. The summed E-state index contributed by atoms with van der Waals surface area (Å²) in [7, 11) is 0.191. The Morgan fingerprint density at radius 2 is 0.882 bits per heavy atom. The normalized spacial score (nSPS) is 8.12. The van der Waals surface area contributed by atoms with Crippen molar-refractivity contribution in [2.75, 3.05) is 39.0 Å². The fraction of sp³-hybridized carbons (Fsp3) is 1.00. The number of nitrogens with zero attached hydrogens (tertiary/aromatic N) is 2. The van der Waals surface area contributed by atoms with E-state index in [1.54, 1.807) is 0 Å². The molecule has 0 unspecified atom stereocenters. The average molecular weight is 483 g/mol. The maximum absolute atomic E-state index is 8.25. The summed E-state index contributed by atoms with van der Waals surface area (Å²) < 4.78 is 0. The molecule has 0 aromatic rings. The van der Waals surface area contributed by atoms with Crippen LogP contribution in [-0.2, 0) is 0 Å². The van der Waals surface area contributed by atoms with E-state index in [1.165, 1.54) is 12.3 Å². The van der Waals surface area contributed by atoms with E-state index in [9.17, 15) is 0 Å². The molecule has 100 valence electrons. The summed E-state index contributed by atoms with van der Waals surface area (Å²) in [6, 6.07) is 0. The second-order valence-corrected chi connectivity index (χ2v) is 9.19. The largest absolute Gasteiger partial charge is 2.00 e. The summed E-state index contributed by atoms with van der Waals surface area (Å²) in [5, 5.41) is 29.5. The molecule has 17 heavy (non-hydrogen) atoms. The molecule has 0 amide bonds. The molecule has 0 spiro atoms. The van der Waals surface area contributed by atoms with Crippen LogP contribution in [0.15, 0.2) is 0 Å². The van der Waals surface area contributed by atoms with E-state index in [1.807, 2.05) is 0 Å². The molecule has 0 aromatic carbocycles. The molecule has 0 saturated heterocycles. The quantitative estimate of drug-likeness (QED) is 0.255. The molecule has 0 rings (SSSR count). The zero-order valence-electron chi connectivity index (χ0n) is 10.3. The van der Waals surface area contributed by atoms with Gasteiger partial charge in [-0.1, -0.05) is 0 Å². The van der Waals surface area contributed by atoms with Crippen LogP contribution in [0.2, 0.25) is 0 Å². The van der Waals surface area contributed by atoms with Crippen LogP contribution >= 0.6 is 15.8 Å². The molecule has 0 saturated carbocycles. The molecular weight excluding hydrogens is 465 g/mol. The molecule has 0 N–H and O–H groups in total. The smallest absolute Gasteiger partial charge is 0.356 e. The van der Waals surface area contributed by atoms with Crippen molar-refractivity contribution in [3.8, 4) is 0 Å². The maximum Gasteiger partial charge on any atom is 2.00 e. The second-order valence-electron chi connectivity index (χ2n) is 3.36. The summed E-state index contributed by atoms with van der Waals surface area (Å²) in [4.78, 5) is 16.5. The minimum absolute atomic E-state index is 0. The molecular formula is C6H18N2O6P2Pb+2. The van der Waals surface area contributed by atoms with Gasteiger partial charge in [-0.05, 0) is 15.8 Å². The Morgan fingerprint density at radius 1 is 0.765 bits per heavy atom. The summed E-state index contributed by atoms with van der Waals surface area (Å²) in [5.74, 6) is 0. The van der Waals surface area contributed by atoms with Gasteiger partial charge in [-0.15, -0.1) is 0 Å². The summed E-state index contributed by atoms with van der Waals surface area (Å²) >= 11 is 0. The molecule has 0 aromatic heterocycles. The van der Waals surface area contributed by atoms with E-state index in [-0.39, 0.29) is 43.1 Å². The summed E-state index contributed by atoms with van der Waals surface area (Å²) in [5.41, 5.74) is 0. The number of rotatable bonds is 3. The van der Waals surface area contributed by atoms with Gasteiger partial charge < -0.3 is 30.6 Å². The van der Waals surface area contributed by atoms with Crippen molar-refractivity contribution in [1.82, 2.24) is 0 Å². The van der Waals surface area contributed by atoms with Crippen LogP contribution in [0.5, 0.6) is 0 Å². The average Bonchev–Trinajstić information content (AvgIpc) is 1.98. The van der Waals surface area contributed by atoms with Crippen LogP contribution in [0.1, 0.15) is 0 Å². The van der Waals surface area contributed by atoms with Crippen LogP contribution in [0.25, 0.3) is 0 Å². The Kier molecular flexibility index (Phi) is 28.2. The third kappa shape index (κ3) is 121. The van der Waals surface area contributed by atoms with Crippen LogP contribution in [0.4, 0.5) is 0 Å². The second kappa shape index (κ2) is 18.5. The van der Waals surface area contributed by atoms with Crippen LogP contribution < -0.4 is 0 Å².